The molecule has 2 rings (SSSR count). The molecule has 2 amide bonds. The van der Waals surface area contributed by atoms with Crippen LogP contribution in [-0.4, -0.2) is 22.8 Å². The molecule has 1 aromatic carbocycles. The maximum atomic E-state index is 12.2. The third kappa shape index (κ3) is 3.81. The van der Waals surface area contributed by atoms with E-state index < -0.39 is 11.5 Å². The van der Waals surface area contributed by atoms with E-state index in [2.05, 4.69) is 15.6 Å². The van der Waals surface area contributed by atoms with Gasteiger partial charge in [0.2, 0.25) is 11.8 Å². The molecular weight excluding hydrogens is 278 g/mol. The summed E-state index contributed by atoms with van der Waals surface area (Å²) >= 11 is 0. The lowest BCUT2D eigenvalue weighted by Crippen LogP contribution is -2.46. The second-order valence-corrected chi connectivity index (χ2v) is 6.35. The number of benzene rings is 1. The Balaban J connectivity index is 2.05. The number of nitrogens with one attached hydrogen (secondary N) is 2. The van der Waals surface area contributed by atoms with Crippen molar-refractivity contribution >= 4 is 28.4 Å². The van der Waals surface area contributed by atoms with Gasteiger partial charge in [-0.05, 0) is 19.1 Å². The zero-order chi connectivity index (χ0) is 16.3. The number of rotatable bonds is 3. The number of amides is 2. The molecule has 0 aliphatic rings. The fourth-order valence-electron chi connectivity index (χ4n) is 1.87. The maximum absolute atomic E-state index is 12.2. The third-order valence-electron chi connectivity index (χ3n) is 3.28. The van der Waals surface area contributed by atoms with Crippen LogP contribution in [0.2, 0.25) is 0 Å². The second kappa shape index (κ2) is 6.13. The molecule has 0 radical (unpaired) electrons. The van der Waals surface area contributed by atoms with E-state index in [-0.39, 0.29) is 11.8 Å². The van der Waals surface area contributed by atoms with Crippen molar-refractivity contribution in [2.24, 2.45) is 5.41 Å². The lowest BCUT2D eigenvalue weighted by atomic mass is 9.95. The minimum atomic E-state index is -0.613. The molecule has 2 N–H and O–H groups in total. The van der Waals surface area contributed by atoms with E-state index in [1.165, 1.54) is 0 Å². The molecule has 0 bridgehead atoms. The monoisotopic (exact) mass is 299 g/mol. The van der Waals surface area contributed by atoms with Gasteiger partial charge in [0.25, 0.3) is 0 Å². The molecule has 5 heteroatoms. The number of anilines is 1. The number of fused-ring (bicyclic) bond motifs is 1. The molecule has 0 spiro atoms. The van der Waals surface area contributed by atoms with Gasteiger partial charge in [0, 0.05) is 10.8 Å². The Morgan fingerprint density at radius 3 is 2.55 bits per heavy atom. The lowest BCUT2D eigenvalue weighted by molar-refractivity contribution is -0.131. The molecule has 0 fully saturated rings. The molecule has 1 atom stereocenters. The van der Waals surface area contributed by atoms with Crippen molar-refractivity contribution in [2.45, 2.75) is 33.7 Å². The molecule has 0 saturated carbocycles. The summed E-state index contributed by atoms with van der Waals surface area (Å²) in [6.45, 7) is 7.08. The Labute approximate surface area is 130 Å². The predicted octanol–water partition coefficient (Wildman–Crippen LogP) is 2.72. The average molecular weight is 299 g/mol. The van der Waals surface area contributed by atoms with Crippen molar-refractivity contribution in [3.8, 4) is 0 Å². The summed E-state index contributed by atoms with van der Waals surface area (Å²) in [5.74, 6) is -0.429. The van der Waals surface area contributed by atoms with Gasteiger partial charge >= 0.3 is 0 Å². The molecule has 116 valence electrons. The Bertz CT molecular complexity index is 704. The van der Waals surface area contributed by atoms with Crippen LogP contribution in [0.1, 0.15) is 27.7 Å². The second-order valence-electron chi connectivity index (χ2n) is 6.35. The summed E-state index contributed by atoms with van der Waals surface area (Å²) < 4.78 is 0. The van der Waals surface area contributed by atoms with Crippen LogP contribution < -0.4 is 10.6 Å². The van der Waals surface area contributed by atoms with Gasteiger partial charge in [-0.3, -0.25) is 14.6 Å². The highest BCUT2D eigenvalue weighted by molar-refractivity contribution is 5.98. The Hall–Kier alpha value is -2.43. The van der Waals surface area contributed by atoms with Crippen LogP contribution in [-0.2, 0) is 9.59 Å². The van der Waals surface area contributed by atoms with E-state index in [1.807, 2.05) is 30.3 Å². The van der Waals surface area contributed by atoms with Gasteiger partial charge in [-0.15, -0.1) is 0 Å². The summed E-state index contributed by atoms with van der Waals surface area (Å²) in [4.78, 5) is 28.4. The van der Waals surface area contributed by atoms with Gasteiger partial charge < -0.3 is 10.6 Å². The number of hydrogen-bond acceptors (Lipinski definition) is 3. The van der Waals surface area contributed by atoms with Gasteiger partial charge in [-0.1, -0.05) is 39.0 Å². The minimum absolute atomic E-state index is 0.160. The normalized spacial score (nSPS) is 12.7. The van der Waals surface area contributed by atoms with E-state index in [0.717, 1.165) is 10.9 Å². The van der Waals surface area contributed by atoms with Crippen LogP contribution in [0.25, 0.3) is 10.9 Å². The summed E-state index contributed by atoms with van der Waals surface area (Å²) in [6.07, 6.45) is 1.61. The minimum Gasteiger partial charge on any atom is -0.344 e. The number of aromatic nitrogens is 1. The lowest BCUT2D eigenvalue weighted by Gasteiger charge is -2.21. The van der Waals surface area contributed by atoms with Gasteiger partial charge in [0.1, 0.15) is 6.04 Å². The van der Waals surface area contributed by atoms with E-state index in [0.29, 0.717) is 5.69 Å². The highest BCUT2D eigenvalue weighted by Crippen LogP contribution is 2.16. The van der Waals surface area contributed by atoms with Crippen LogP contribution in [0, 0.1) is 5.41 Å². The van der Waals surface area contributed by atoms with E-state index in [4.69, 9.17) is 0 Å². The van der Waals surface area contributed by atoms with E-state index in [9.17, 15) is 9.59 Å². The first-order valence-electron chi connectivity index (χ1n) is 7.24. The Kier molecular flexibility index (Phi) is 4.45. The van der Waals surface area contributed by atoms with Crippen LogP contribution >= 0.6 is 0 Å². The van der Waals surface area contributed by atoms with Gasteiger partial charge in [0.15, 0.2) is 0 Å². The smallest absolute Gasteiger partial charge is 0.246 e. The van der Waals surface area contributed by atoms with Crippen molar-refractivity contribution in [2.75, 3.05) is 5.32 Å². The quantitative estimate of drug-likeness (QED) is 0.915. The van der Waals surface area contributed by atoms with Gasteiger partial charge in [0.05, 0.1) is 17.4 Å². The fraction of sp³-hybridized carbons (Fsp3) is 0.353. The molecule has 0 aliphatic carbocycles. The van der Waals surface area contributed by atoms with Gasteiger partial charge in [-0.2, -0.15) is 0 Å². The predicted molar refractivity (Wildman–Crippen MR) is 87.4 cm³/mol. The number of carbonyl (C=O) groups excluding carboxylic acids is 2. The molecule has 22 heavy (non-hydrogen) atoms. The SMILES string of the molecule is CC(NC(=O)C(C)(C)C)C(=O)Nc1cnc2ccccc2c1. The number of para-hydroxylation sites is 1. The number of nitrogens with zero attached hydrogens (tertiary/aromatic N) is 1. The van der Waals surface area contributed by atoms with Crippen LogP contribution in [0.4, 0.5) is 5.69 Å². The Morgan fingerprint density at radius 2 is 1.86 bits per heavy atom. The topological polar surface area (TPSA) is 71.1 Å². The summed E-state index contributed by atoms with van der Waals surface area (Å²) in [6, 6.07) is 8.92. The molecule has 0 saturated heterocycles. The van der Waals surface area contributed by atoms with E-state index in [1.54, 1.807) is 33.9 Å². The molecule has 0 aliphatic heterocycles. The zero-order valence-corrected chi connectivity index (χ0v) is 13.3. The molecule has 1 unspecified atom stereocenters. The highest BCUT2D eigenvalue weighted by atomic mass is 16.2. The average Bonchev–Trinajstić information content (AvgIpc) is 2.46. The maximum Gasteiger partial charge on any atom is 0.246 e. The van der Waals surface area contributed by atoms with Crippen LogP contribution in [0.5, 0.6) is 0 Å². The third-order valence-corrected chi connectivity index (χ3v) is 3.28. The van der Waals surface area contributed by atoms with Gasteiger partial charge in [-0.25, -0.2) is 0 Å². The largest absolute Gasteiger partial charge is 0.344 e. The molecule has 5 nitrogen and oxygen atoms in total. The fourth-order valence-corrected chi connectivity index (χ4v) is 1.87. The van der Waals surface area contributed by atoms with E-state index >= 15 is 0 Å². The van der Waals surface area contributed by atoms with Crippen molar-refractivity contribution < 1.29 is 9.59 Å². The Morgan fingerprint density at radius 1 is 1.18 bits per heavy atom. The molecular formula is C17H21N3O2. The number of carbonyl (C=O) groups is 2. The van der Waals surface area contributed by atoms with Crippen molar-refractivity contribution in [3.05, 3.63) is 36.5 Å². The first kappa shape index (κ1) is 15.9. The van der Waals surface area contributed by atoms with Crippen molar-refractivity contribution in [3.63, 3.8) is 0 Å². The number of pyridine rings is 1. The van der Waals surface area contributed by atoms with Crippen molar-refractivity contribution in [1.29, 1.82) is 0 Å². The standard InChI is InChI=1S/C17H21N3O2/c1-11(19-16(22)17(2,3)4)15(21)20-13-9-12-7-5-6-8-14(12)18-10-13/h5-11H,1-4H3,(H,19,22)(H,20,21). The number of hydrogen-bond donors (Lipinski definition) is 2. The first-order chi connectivity index (χ1) is 10.3. The van der Waals surface area contributed by atoms with Crippen molar-refractivity contribution in [1.82, 2.24) is 10.3 Å². The highest BCUT2D eigenvalue weighted by Gasteiger charge is 2.25. The zero-order valence-electron chi connectivity index (χ0n) is 13.3. The molecule has 2 aromatic rings. The van der Waals surface area contributed by atoms with Crippen LogP contribution in [0.3, 0.4) is 0 Å². The summed E-state index contributed by atoms with van der Waals surface area (Å²) in [7, 11) is 0. The summed E-state index contributed by atoms with van der Waals surface area (Å²) in [5.41, 5.74) is 0.953. The summed E-state index contributed by atoms with van der Waals surface area (Å²) in [5, 5.41) is 6.43. The van der Waals surface area contributed by atoms with Crippen LogP contribution in [0.15, 0.2) is 36.5 Å². The first-order valence-corrected chi connectivity index (χ1v) is 7.24. The molecule has 1 aromatic heterocycles. The molecule has 1 heterocycles.